The minimum Gasteiger partial charge on any atom is -0.303 e. The minimum atomic E-state index is 0.0397. The van der Waals surface area contributed by atoms with Crippen LogP contribution in [0.5, 0.6) is 0 Å². The highest BCUT2D eigenvalue weighted by Crippen LogP contribution is 2.24. The third-order valence-electron chi connectivity index (χ3n) is 6.89. The molecule has 5 heteroatoms. The quantitative estimate of drug-likeness (QED) is 0.315. The molecular weight excluding hydrogens is 486 g/mol. The molecule has 0 aliphatic carbocycles. The van der Waals surface area contributed by atoms with Crippen molar-refractivity contribution < 1.29 is 0 Å². The summed E-state index contributed by atoms with van der Waals surface area (Å²) in [6, 6.07) is 27.1. The summed E-state index contributed by atoms with van der Waals surface area (Å²) < 4.78 is 2.87. The van der Waals surface area contributed by atoms with Gasteiger partial charge in [0.05, 0.1) is 17.1 Å². The third-order valence-corrected chi connectivity index (χ3v) is 7.41. The lowest BCUT2D eigenvalue weighted by Crippen LogP contribution is -2.30. The van der Waals surface area contributed by atoms with Gasteiger partial charge in [0.1, 0.15) is 0 Å². The number of hydrogen-bond acceptors (Lipinski definition) is 3. The number of aromatic nitrogens is 2. The maximum Gasteiger partial charge on any atom is 0.274 e. The van der Waals surface area contributed by atoms with Gasteiger partial charge in [-0.1, -0.05) is 76.6 Å². The predicted octanol–water partition coefficient (Wildman–Crippen LogP) is 6.02. The van der Waals surface area contributed by atoms with Gasteiger partial charge in [0.2, 0.25) is 0 Å². The molecule has 1 aliphatic rings. The summed E-state index contributed by atoms with van der Waals surface area (Å²) in [6.45, 7) is 3.14. The Morgan fingerprint density at radius 2 is 1.56 bits per heavy atom. The molecule has 4 nitrogen and oxygen atoms in total. The molecule has 0 N–H and O–H groups in total. The largest absolute Gasteiger partial charge is 0.303 e. The molecule has 174 valence electrons. The van der Waals surface area contributed by atoms with Crippen molar-refractivity contribution in [2.75, 3.05) is 19.6 Å². The highest BCUT2D eigenvalue weighted by Gasteiger charge is 2.22. The average Bonchev–Trinajstić information content (AvgIpc) is 3.12. The van der Waals surface area contributed by atoms with Crippen molar-refractivity contribution >= 4 is 26.7 Å². The molecule has 5 rings (SSSR count). The Labute approximate surface area is 209 Å². The van der Waals surface area contributed by atoms with E-state index < -0.39 is 0 Å². The van der Waals surface area contributed by atoms with Gasteiger partial charge in [-0.2, -0.15) is 5.10 Å². The van der Waals surface area contributed by atoms with Crippen LogP contribution in [0.3, 0.4) is 0 Å². The molecule has 1 aliphatic heterocycles. The van der Waals surface area contributed by atoms with E-state index in [0.717, 1.165) is 66.3 Å². The number of halogens is 1. The Morgan fingerprint density at radius 1 is 0.824 bits per heavy atom. The molecule has 0 bridgehead atoms. The van der Waals surface area contributed by atoms with Crippen LogP contribution in [0.2, 0.25) is 0 Å². The zero-order valence-electron chi connectivity index (χ0n) is 19.4. The van der Waals surface area contributed by atoms with E-state index in [-0.39, 0.29) is 11.6 Å². The molecule has 1 aromatic heterocycles. The van der Waals surface area contributed by atoms with Gasteiger partial charge in [-0.3, -0.25) is 4.79 Å². The molecule has 1 atom stereocenters. The van der Waals surface area contributed by atoms with Crippen LogP contribution in [0.25, 0.3) is 10.8 Å². The second kappa shape index (κ2) is 10.7. The number of rotatable bonds is 6. The predicted molar refractivity (Wildman–Crippen MR) is 142 cm³/mol. The van der Waals surface area contributed by atoms with E-state index in [4.69, 9.17) is 5.10 Å². The topological polar surface area (TPSA) is 38.1 Å². The Hall–Kier alpha value is -2.76. The van der Waals surface area contributed by atoms with Crippen LogP contribution in [0, 0.1) is 0 Å². The van der Waals surface area contributed by atoms with Gasteiger partial charge in [-0.25, -0.2) is 4.68 Å². The molecule has 0 saturated carbocycles. The summed E-state index contributed by atoms with van der Waals surface area (Å²) in [5.74, 6) is 0. The third kappa shape index (κ3) is 5.31. The highest BCUT2D eigenvalue weighted by molar-refractivity contribution is 9.10. The van der Waals surface area contributed by atoms with Crippen molar-refractivity contribution in [3.05, 3.63) is 111 Å². The number of hydrogen-bond donors (Lipinski definition) is 0. The van der Waals surface area contributed by atoms with E-state index in [1.807, 2.05) is 24.3 Å². The van der Waals surface area contributed by atoms with Crippen LogP contribution in [0.4, 0.5) is 0 Å². The fourth-order valence-electron chi connectivity index (χ4n) is 4.99. The SMILES string of the molecule is O=c1c2ccccc2c(Cc2ccc(Br)cc2)nn1C1CCCN(CCc2ccccc2)CC1. The Bertz CT molecular complexity index is 1300. The van der Waals surface area contributed by atoms with Crippen molar-refractivity contribution in [3.63, 3.8) is 0 Å². The van der Waals surface area contributed by atoms with Gasteiger partial charge in [0, 0.05) is 29.4 Å². The molecule has 34 heavy (non-hydrogen) atoms. The average molecular weight is 516 g/mol. The maximum atomic E-state index is 13.5. The lowest BCUT2D eigenvalue weighted by atomic mass is 10.0. The molecule has 0 radical (unpaired) electrons. The molecular formula is C29H30BrN3O. The fourth-order valence-corrected chi connectivity index (χ4v) is 5.25. The Balaban J connectivity index is 1.38. The zero-order chi connectivity index (χ0) is 23.3. The lowest BCUT2D eigenvalue weighted by Gasteiger charge is -2.21. The van der Waals surface area contributed by atoms with Crippen LogP contribution >= 0.6 is 15.9 Å². The first kappa shape index (κ1) is 23.0. The summed E-state index contributed by atoms with van der Waals surface area (Å²) in [4.78, 5) is 16.0. The molecule has 2 heterocycles. The van der Waals surface area contributed by atoms with Crippen LogP contribution < -0.4 is 5.56 Å². The first-order valence-electron chi connectivity index (χ1n) is 12.2. The molecule has 1 unspecified atom stereocenters. The molecule has 1 fully saturated rings. The van der Waals surface area contributed by atoms with E-state index >= 15 is 0 Å². The van der Waals surface area contributed by atoms with Crippen molar-refractivity contribution in [1.29, 1.82) is 0 Å². The standard InChI is InChI=1S/C29H30BrN3O/c30-24-14-12-23(13-15-24)21-28-26-10-4-5-11-27(26)29(34)33(31-28)25-9-6-18-32(20-17-25)19-16-22-7-2-1-3-8-22/h1-5,7-8,10-15,25H,6,9,16-21H2. The van der Waals surface area contributed by atoms with E-state index in [1.165, 1.54) is 11.1 Å². The fraction of sp³-hybridized carbons (Fsp3) is 0.310. The number of nitrogens with zero attached hydrogens (tertiary/aromatic N) is 3. The zero-order valence-corrected chi connectivity index (χ0v) is 21.0. The Morgan fingerprint density at radius 3 is 2.35 bits per heavy atom. The molecule has 0 amide bonds. The molecule has 4 aromatic rings. The van der Waals surface area contributed by atoms with Crippen LogP contribution in [-0.2, 0) is 12.8 Å². The van der Waals surface area contributed by atoms with Crippen molar-refractivity contribution in [2.24, 2.45) is 0 Å². The van der Waals surface area contributed by atoms with Gasteiger partial charge >= 0.3 is 0 Å². The first-order chi connectivity index (χ1) is 16.7. The smallest absolute Gasteiger partial charge is 0.274 e. The van der Waals surface area contributed by atoms with Crippen molar-refractivity contribution in [2.45, 2.75) is 38.1 Å². The van der Waals surface area contributed by atoms with Gasteiger partial charge in [-0.05, 0) is 61.6 Å². The van der Waals surface area contributed by atoms with Gasteiger partial charge in [0.25, 0.3) is 5.56 Å². The Kier molecular flexibility index (Phi) is 7.21. The van der Waals surface area contributed by atoms with Crippen LogP contribution in [-0.4, -0.2) is 34.3 Å². The first-order valence-corrected chi connectivity index (χ1v) is 13.0. The number of fused-ring (bicyclic) bond motifs is 1. The summed E-state index contributed by atoms with van der Waals surface area (Å²) >= 11 is 3.52. The monoisotopic (exact) mass is 515 g/mol. The lowest BCUT2D eigenvalue weighted by molar-refractivity contribution is 0.281. The molecule has 3 aromatic carbocycles. The van der Waals surface area contributed by atoms with E-state index in [2.05, 4.69) is 75.4 Å². The van der Waals surface area contributed by atoms with E-state index in [1.54, 1.807) is 4.68 Å². The summed E-state index contributed by atoms with van der Waals surface area (Å²) in [5.41, 5.74) is 3.59. The second-order valence-electron chi connectivity index (χ2n) is 9.21. The highest BCUT2D eigenvalue weighted by atomic mass is 79.9. The van der Waals surface area contributed by atoms with E-state index in [0.29, 0.717) is 6.42 Å². The second-order valence-corrected chi connectivity index (χ2v) is 10.1. The molecule has 1 saturated heterocycles. The summed E-state index contributed by atoms with van der Waals surface area (Å²) in [5, 5.41) is 6.71. The van der Waals surface area contributed by atoms with Gasteiger partial charge in [0.15, 0.2) is 0 Å². The van der Waals surface area contributed by atoms with Crippen molar-refractivity contribution in [3.8, 4) is 0 Å². The van der Waals surface area contributed by atoms with Crippen molar-refractivity contribution in [1.82, 2.24) is 14.7 Å². The number of likely N-dealkylation sites (tertiary alicyclic amines) is 1. The van der Waals surface area contributed by atoms with Crippen LogP contribution in [0.15, 0.2) is 88.1 Å². The van der Waals surface area contributed by atoms with Crippen LogP contribution in [0.1, 0.15) is 42.1 Å². The number of benzene rings is 3. The summed E-state index contributed by atoms with van der Waals surface area (Å²) in [6.07, 6.45) is 4.81. The van der Waals surface area contributed by atoms with E-state index in [9.17, 15) is 4.79 Å². The normalized spacial score (nSPS) is 17.0. The minimum absolute atomic E-state index is 0.0397. The van der Waals surface area contributed by atoms with Gasteiger partial charge < -0.3 is 4.90 Å². The van der Waals surface area contributed by atoms with Gasteiger partial charge in [-0.15, -0.1) is 0 Å². The molecule has 0 spiro atoms. The summed E-state index contributed by atoms with van der Waals surface area (Å²) in [7, 11) is 0. The maximum absolute atomic E-state index is 13.5.